The van der Waals surface area contributed by atoms with E-state index in [4.69, 9.17) is 19.3 Å². The van der Waals surface area contributed by atoms with Crippen molar-refractivity contribution in [1.82, 2.24) is 14.7 Å². The minimum atomic E-state index is -0.997. The standard InChI is InChI=1S/C40H51BrN4O5/c1-9-48-37(46)40(6)32(21-14-25-49-34-22-12-17-28-16-10-11-18-29(28)34)30-19-13-20-31(35-27(2)44(8)42-33(35)26-41)36(30)45(40)24-15-23-43(7)38(47)50-39(3,4)5/h10-13,16-20,22,32H,9,14-15,21,23-26H2,1-8H3. The molecule has 0 fully saturated rings. The van der Waals surface area contributed by atoms with Gasteiger partial charge in [0.05, 0.1) is 18.9 Å². The number of nitrogens with zero attached hydrogens (tertiary/aromatic N) is 4. The number of aryl methyl sites for hydroxylation is 1. The van der Waals surface area contributed by atoms with Crippen molar-refractivity contribution in [1.29, 1.82) is 0 Å². The lowest BCUT2D eigenvalue weighted by Gasteiger charge is -2.39. The average Bonchev–Trinajstić information content (AvgIpc) is 3.51. The van der Waals surface area contributed by atoms with Gasteiger partial charge < -0.3 is 24.0 Å². The summed E-state index contributed by atoms with van der Waals surface area (Å²) in [7, 11) is 3.71. The molecule has 5 rings (SSSR count). The molecule has 1 aliphatic heterocycles. The number of benzene rings is 3. The number of hydrogen-bond acceptors (Lipinski definition) is 7. The van der Waals surface area contributed by atoms with Gasteiger partial charge in [0.15, 0.2) is 0 Å². The number of halogens is 1. The van der Waals surface area contributed by atoms with Crippen molar-refractivity contribution in [2.24, 2.45) is 7.05 Å². The fourth-order valence-corrected chi connectivity index (χ4v) is 7.58. The maximum atomic E-state index is 14.3. The molecule has 3 aromatic carbocycles. The zero-order valence-corrected chi connectivity index (χ0v) is 32.3. The number of hydrogen-bond donors (Lipinski definition) is 0. The number of aromatic nitrogens is 2. The van der Waals surface area contributed by atoms with Gasteiger partial charge in [0.25, 0.3) is 0 Å². The Morgan fingerprint density at radius 1 is 1.04 bits per heavy atom. The van der Waals surface area contributed by atoms with Crippen molar-refractivity contribution in [3.05, 3.63) is 77.6 Å². The van der Waals surface area contributed by atoms with Crippen LogP contribution >= 0.6 is 15.9 Å². The van der Waals surface area contributed by atoms with Gasteiger partial charge in [-0.05, 0) is 77.8 Å². The number of para-hydroxylation sites is 1. The molecule has 0 saturated heterocycles. The van der Waals surface area contributed by atoms with Crippen LogP contribution in [0.1, 0.15) is 76.8 Å². The summed E-state index contributed by atoms with van der Waals surface area (Å²) in [5, 5.41) is 7.62. The van der Waals surface area contributed by atoms with Crippen LogP contribution in [0.4, 0.5) is 10.5 Å². The number of alkyl halides is 1. The van der Waals surface area contributed by atoms with Crippen molar-refractivity contribution in [3.8, 4) is 16.9 Å². The highest BCUT2D eigenvalue weighted by atomic mass is 79.9. The van der Waals surface area contributed by atoms with Gasteiger partial charge in [-0.3, -0.25) is 4.68 Å². The first-order valence-electron chi connectivity index (χ1n) is 17.5. The molecule has 0 N–H and O–H groups in total. The summed E-state index contributed by atoms with van der Waals surface area (Å²) in [5.41, 5.74) is 4.61. The second-order valence-electron chi connectivity index (χ2n) is 14.2. The minimum absolute atomic E-state index is 0.166. The van der Waals surface area contributed by atoms with Crippen LogP contribution in [-0.4, -0.2) is 71.2 Å². The predicted octanol–water partition coefficient (Wildman–Crippen LogP) is 8.79. The number of amides is 1. The molecule has 268 valence electrons. The van der Waals surface area contributed by atoms with Crippen molar-refractivity contribution in [3.63, 3.8) is 0 Å². The first-order chi connectivity index (χ1) is 23.8. The lowest BCUT2D eigenvalue weighted by Crippen LogP contribution is -2.54. The zero-order chi connectivity index (χ0) is 36.2. The molecule has 0 aliphatic carbocycles. The molecule has 0 saturated carbocycles. The van der Waals surface area contributed by atoms with E-state index in [-0.39, 0.29) is 24.6 Å². The third-order valence-corrected chi connectivity index (χ3v) is 10.2. The third kappa shape index (κ3) is 7.50. The lowest BCUT2D eigenvalue weighted by atomic mass is 9.80. The van der Waals surface area contributed by atoms with E-state index < -0.39 is 11.1 Å². The summed E-state index contributed by atoms with van der Waals surface area (Å²) in [6, 6.07) is 20.7. The van der Waals surface area contributed by atoms with E-state index in [9.17, 15) is 9.59 Å². The smallest absolute Gasteiger partial charge is 0.410 e. The predicted molar refractivity (Wildman–Crippen MR) is 203 cm³/mol. The van der Waals surface area contributed by atoms with E-state index in [1.54, 1.807) is 11.9 Å². The van der Waals surface area contributed by atoms with Crippen LogP contribution in [0, 0.1) is 6.92 Å². The first kappa shape index (κ1) is 37.2. The molecular formula is C40H51BrN4O5. The maximum Gasteiger partial charge on any atom is 0.410 e. The number of carbonyl (C=O) groups excluding carboxylic acids is 2. The van der Waals surface area contributed by atoms with Crippen LogP contribution in [0.2, 0.25) is 0 Å². The molecular weight excluding hydrogens is 696 g/mol. The Morgan fingerprint density at radius 2 is 1.76 bits per heavy atom. The summed E-state index contributed by atoms with van der Waals surface area (Å²) in [6.45, 7) is 13.3. The Morgan fingerprint density at radius 3 is 2.48 bits per heavy atom. The van der Waals surface area contributed by atoms with E-state index >= 15 is 0 Å². The van der Waals surface area contributed by atoms with Crippen LogP contribution in [0.3, 0.4) is 0 Å². The normalized spacial score (nSPS) is 17.1. The molecule has 1 aromatic heterocycles. The molecule has 0 radical (unpaired) electrons. The number of carbonyl (C=O) groups is 2. The first-order valence-corrected chi connectivity index (χ1v) is 18.6. The van der Waals surface area contributed by atoms with E-state index in [0.29, 0.717) is 37.9 Å². The van der Waals surface area contributed by atoms with Gasteiger partial charge in [-0.25, -0.2) is 9.59 Å². The molecule has 50 heavy (non-hydrogen) atoms. The number of rotatable bonds is 13. The average molecular weight is 748 g/mol. The van der Waals surface area contributed by atoms with Gasteiger partial charge in [0.1, 0.15) is 16.9 Å². The summed E-state index contributed by atoms with van der Waals surface area (Å²) in [4.78, 5) is 30.9. The fourth-order valence-electron chi connectivity index (χ4n) is 7.19. The Hall–Kier alpha value is -4.05. The molecule has 2 heterocycles. The van der Waals surface area contributed by atoms with Crippen LogP contribution in [-0.2, 0) is 26.6 Å². The molecule has 0 spiro atoms. The molecule has 2 unspecified atom stereocenters. The Bertz CT molecular complexity index is 1830. The molecule has 10 heteroatoms. The highest BCUT2D eigenvalue weighted by molar-refractivity contribution is 9.08. The van der Waals surface area contributed by atoms with E-state index in [1.165, 1.54) is 0 Å². The molecule has 9 nitrogen and oxygen atoms in total. The SMILES string of the molecule is CCOC(=O)C1(C)C(CCCOc2cccc3ccccc23)c2cccc(-c3c(CBr)nn(C)c3C)c2N1CCCN(C)C(=O)OC(C)(C)C. The highest BCUT2D eigenvalue weighted by Gasteiger charge is 2.54. The highest BCUT2D eigenvalue weighted by Crippen LogP contribution is 2.54. The van der Waals surface area contributed by atoms with Crippen molar-refractivity contribution in [2.75, 3.05) is 38.3 Å². The third-order valence-electron chi connectivity index (χ3n) is 9.67. The van der Waals surface area contributed by atoms with E-state index in [2.05, 4.69) is 64.2 Å². The fraction of sp³-hybridized carbons (Fsp3) is 0.475. The second kappa shape index (κ2) is 15.5. The van der Waals surface area contributed by atoms with E-state index in [0.717, 1.165) is 56.7 Å². The molecule has 1 aliphatic rings. The summed E-state index contributed by atoms with van der Waals surface area (Å²) < 4.78 is 19.7. The van der Waals surface area contributed by atoms with E-state index in [1.807, 2.05) is 70.6 Å². The Balaban J connectivity index is 1.50. The number of esters is 1. The summed E-state index contributed by atoms with van der Waals surface area (Å²) in [6.07, 6.45) is 1.69. The van der Waals surface area contributed by atoms with Crippen LogP contribution in [0.15, 0.2) is 60.7 Å². The lowest BCUT2D eigenvalue weighted by molar-refractivity contribution is -0.149. The number of anilines is 1. The van der Waals surface area contributed by atoms with Crippen molar-refractivity contribution >= 4 is 44.5 Å². The van der Waals surface area contributed by atoms with Gasteiger partial charge in [0.2, 0.25) is 0 Å². The number of ether oxygens (including phenoxy) is 3. The minimum Gasteiger partial charge on any atom is -0.493 e. The summed E-state index contributed by atoms with van der Waals surface area (Å²) in [5.74, 6) is 0.433. The zero-order valence-electron chi connectivity index (χ0n) is 30.7. The van der Waals surface area contributed by atoms with Gasteiger partial charge in [-0.15, -0.1) is 0 Å². The maximum absolute atomic E-state index is 14.3. The van der Waals surface area contributed by atoms with Crippen molar-refractivity contribution in [2.45, 2.75) is 83.2 Å². The Labute approximate surface area is 305 Å². The summed E-state index contributed by atoms with van der Waals surface area (Å²) >= 11 is 3.67. The quantitative estimate of drug-likeness (QED) is 0.0768. The second-order valence-corrected chi connectivity index (χ2v) is 14.8. The van der Waals surface area contributed by atoms with Gasteiger partial charge in [0, 0.05) is 66.3 Å². The number of fused-ring (bicyclic) bond motifs is 2. The topological polar surface area (TPSA) is 86.1 Å². The van der Waals surface area contributed by atoms with Crippen LogP contribution in [0.25, 0.3) is 21.9 Å². The van der Waals surface area contributed by atoms with Crippen LogP contribution in [0.5, 0.6) is 5.75 Å². The molecule has 2 atom stereocenters. The molecule has 1 amide bonds. The largest absolute Gasteiger partial charge is 0.493 e. The van der Waals surface area contributed by atoms with Crippen LogP contribution < -0.4 is 9.64 Å². The van der Waals surface area contributed by atoms with Gasteiger partial charge in [-0.2, -0.15) is 5.10 Å². The monoisotopic (exact) mass is 746 g/mol. The van der Waals surface area contributed by atoms with Gasteiger partial charge >= 0.3 is 12.1 Å². The Kier molecular flexibility index (Phi) is 11.5. The van der Waals surface area contributed by atoms with Gasteiger partial charge in [-0.1, -0.05) is 70.5 Å². The van der Waals surface area contributed by atoms with Crippen molar-refractivity contribution < 1.29 is 23.8 Å². The molecule has 4 aromatic rings. The molecule has 0 bridgehead atoms.